The Morgan fingerprint density at radius 2 is 2.14 bits per heavy atom. The fraction of sp³-hybridized carbons (Fsp3) is 0.923. The molecule has 2 atom stereocenters. The van der Waals surface area contributed by atoms with Gasteiger partial charge in [0.2, 0.25) is 0 Å². The second-order valence-electron chi connectivity index (χ2n) is 6.37. The SMILES string of the molecule is CC(C)(C)OC(=O)NCC(CN)N1CCSCC1S(C)(=O)=O. The van der Waals surface area contributed by atoms with Gasteiger partial charge in [0.25, 0.3) is 0 Å². The smallest absolute Gasteiger partial charge is 0.407 e. The van der Waals surface area contributed by atoms with Crippen LogP contribution < -0.4 is 11.1 Å². The number of alkyl carbamates (subject to hydrolysis) is 1. The van der Waals surface area contributed by atoms with Crippen LogP contribution in [0.3, 0.4) is 0 Å². The first-order chi connectivity index (χ1) is 10.0. The van der Waals surface area contributed by atoms with Crippen molar-refractivity contribution >= 4 is 27.7 Å². The molecule has 1 fully saturated rings. The number of nitrogens with one attached hydrogen (secondary N) is 1. The standard InChI is InChI=1S/C13H27N3O4S2/c1-13(2,3)20-12(17)15-8-10(7-14)16-5-6-21-9-11(16)22(4,18)19/h10-11H,5-9,14H2,1-4H3,(H,15,17). The summed E-state index contributed by atoms with van der Waals surface area (Å²) in [6, 6.07) is -0.229. The summed E-state index contributed by atoms with van der Waals surface area (Å²) < 4.78 is 29.1. The van der Waals surface area contributed by atoms with E-state index in [0.29, 0.717) is 12.3 Å². The van der Waals surface area contributed by atoms with Crippen LogP contribution in [0.5, 0.6) is 0 Å². The second kappa shape index (κ2) is 7.85. The van der Waals surface area contributed by atoms with Gasteiger partial charge >= 0.3 is 6.09 Å². The predicted octanol–water partition coefficient (Wildman–Crippen LogP) is 0.258. The summed E-state index contributed by atoms with van der Waals surface area (Å²) in [5.74, 6) is 1.39. The number of thioether (sulfide) groups is 1. The molecule has 0 aromatic carbocycles. The number of nitrogens with zero attached hydrogens (tertiary/aromatic N) is 1. The summed E-state index contributed by atoms with van der Waals surface area (Å²) in [5.41, 5.74) is 5.22. The average Bonchev–Trinajstić information content (AvgIpc) is 2.36. The Morgan fingerprint density at radius 3 is 2.64 bits per heavy atom. The van der Waals surface area contributed by atoms with Crippen LogP contribution in [0.4, 0.5) is 4.79 Å². The maximum absolute atomic E-state index is 11.9. The van der Waals surface area contributed by atoms with E-state index in [1.807, 2.05) is 4.90 Å². The first-order valence-corrected chi connectivity index (χ1v) is 10.3. The molecule has 3 N–H and O–H groups in total. The van der Waals surface area contributed by atoms with Crippen molar-refractivity contribution in [3.8, 4) is 0 Å². The van der Waals surface area contributed by atoms with Gasteiger partial charge in [-0.3, -0.25) is 4.90 Å². The first kappa shape index (κ1) is 19.5. The lowest BCUT2D eigenvalue weighted by Crippen LogP contribution is -2.57. The number of hydrogen-bond acceptors (Lipinski definition) is 7. The molecular weight excluding hydrogens is 326 g/mol. The Balaban J connectivity index is 2.67. The van der Waals surface area contributed by atoms with E-state index in [0.717, 1.165) is 5.75 Å². The molecule has 0 bridgehead atoms. The van der Waals surface area contributed by atoms with Crippen LogP contribution in [-0.2, 0) is 14.6 Å². The van der Waals surface area contributed by atoms with E-state index in [4.69, 9.17) is 10.5 Å². The number of sulfone groups is 1. The first-order valence-electron chi connectivity index (χ1n) is 7.24. The van der Waals surface area contributed by atoms with Crippen LogP contribution in [-0.4, -0.2) is 73.8 Å². The predicted molar refractivity (Wildman–Crippen MR) is 89.7 cm³/mol. The summed E-state index contributed by atoms with van der Waals surface area (Å²) in [5, 5.41) is 2.12. The van der Waals surface area contributed by atoms with Gasteiger partial charge in [-0.15, -0.1) is 0 Å². The van der Waals surface area contributed by atoms with Crippen molar-refractivity contribution in [2.24, 2.45) is 5.73 Å². The zero-order valence-electron chi connectivity index (χ0n) is 13.7. The second-order valence-corrected chi connectivity index (χ2v) is 9.72. The van der Waals surface area contributed by atoms with Crippen LogP contribution in [0.2, 0.25) is 0 Å². The van der Waals surface area contributed by atoms with Crippen molar-refractivity contribution in [2.75, 3.05) is 37.4 Å². The third-order valence-corrected chi connectivity index (χ3v) is 5.90. The van der Waals surface area contributed by atoms with Crippen LogP contribution >= 0.6 is 11.8 Å². The normalized spacial score (nSPS) is 22.1. The maximum atomic E-state index is 11.9. The van der Waals surface area contributed by atoms with E-state index in [2.05, 4.69) is 5.32 Å². The molecule has 0 radical (unpaired) electrons. The van der Waals surface area contributed by atoms with Gasteiger partial charge in [-0.2, -0.15) is 11.8 Å². The molecule has 1 aliphatic rings. The average molecular weight is 354 g/mol. The monoisotopic (exact) mass is 353 g/mol. The highest BCUT2D eigenvalue weighted by Gasteiger charge is 2.35. The zero-order valence-corrected chi connectivity index (χ0v) is 15.3. The summed E-state index contributed by atoms with van der Waals surface area (Å²) in [6.07, 6.45) is 0.721. The lowest BCUT2D eigenvalue weighted by Gasteiger charge is -2.39. The Morgan fingerprint density at radius 1 is 1.50 bits per heavy atom. The molecule has 0 aromatic heterocycles. The van der Waals surface area contributed by atoms with Crippen LogP contribution in [0.25, 0.3) is 0 Å². The Bertz CT molecular complexity index is 476. The van der Waals surface area contributed by atoms with Gasteiger partial charge in [0, 0.05) is 43.4 Å². The molecule has 0 spiro atoms. The fourth-order valence-corrected chi connectivity index (χ4v) is 5.18. The largest absolute Gasteiger partial charge is 0.444 e. The highest BCUT2D eigenvalue weighted by atomic mass is 32.2. The number of carbonyl (C=O) groups is 1. The van der Waals surface area contributed by atoms with E-state index in [1.54, 1.807) is 32.5 Å². The van der Waals surface area contributed by atoms with Gasteiger partial charge in [-0.25, -0.2) is 13.2 Å². The Hall–Kier alpha value is -0.510. The van der Waals surface area contributed by atoms with Crippen LogP contribution in [0, 0.1) is 0 Å². The Labute approximate surface area is 137 Å². The van der Waals surface area contributed by atoms with E-state index in [1.165, 1.54) is 6.26 Å². The molecule has 22 heavy (non-hydrogen) atoms. The molecule has 0 saturated carbocycles. The highest BCUT2D eigenvalue weighted by Crippen LogP contribution is 2.22. The molecule has 2 unspecified atom stereocenters. The minimum absolute atomic E-state index is 0.229. The number of ether oxygens (including phenoxy) is 1. The van der Waals surface area contributed by atoms with Gasteiger partial charge < -0.3 is 15.8 Å². The molecule has 1 aliphatic heterocycles. The summed E-state index contributed by atoms with van der Waals surface area (Å²) in [4.78, 5) is 13.6. The van der Waals surface area contributed by atoms with Crippen molar-refractivity contribution in [2.45, 2.75) is 37.8 Å². The number of amides is 1. The van der Waals surface area contributed by atoms with Gasteiger partial charge in [0.1, 0.15) is 11.0 Å². The van der Waals surface area contributed by atoms with E-state index < -0.39 is 26.9 Å². The molecule has 130 valence electrons. The minimum Gasteiger partial charge on any atom is -0.444 e. The molecular formula is C13H27N3O4S2. The molecule has 1 rings (SSSR count). The molecule has 7 nitrogen and oxygen atoms in total. The lowest BCUT2D eigenvalue weighted by atomic mass is 10.2. The van der Waals surface area contributed by atoms with Crippen molar-refractivity contribution in [1.29, 1.82) is 0 Å². The van der Waals surface area contributed by atoms with E-state index in [9.17, 15) is 13.2 Å². The van der Waals surface area contributed by atoms with Gasteiger partial charge in [0.15, 0.2) is 9.84 Å². The van der Waals surface area contributed by atoms with Gasteiger partial charge in [-0.1, -0.05) is 0 Å². The quantitative estimate of drug-likeness (QED) is 0.731. The van der Waals surface area contributed by atoms with Crippen molar-refractivity contribution in [3.63, 3.8) is 0 Å². The van der Waals surface area contributed by atoms with E-state index >= 15 is 0 Å². The number of nitrogens with two attached hydrogens (primary N) is 1. The molecule has 0 aromatic rings. The van der Waals surface area contributed by atoms with E-state index in [-0.39, 0.29) is 19.1 Å². The highest BCUT2D eigenvalue weighted by molar-refractivity contribution is 8.00. The molecule has 1 heterocycles. The number of hydrogen-bond donors (Lipinski definition) is 2. The summed E-state index contributed by atoms with van der Waals surface area (Å²) in [6.45, 7) is 6.53. The summed E-state index contributed by atoms with van der Waals surface area (Å²) in [7, 11) is -3.19. The molecule has 9 heteroatoms. The minimum atomic E-state index is -3.19. The van der Waals surface area contributed by atoms with Crippen LogP contribution in [0.1, 0.15) is 20.8 Å². The van der Waals surface area contributed by atoms with Gasteiger partial charge in [0.05, 0.1) is 0 Å². The number of carbonyl (C=O) groups excluding carboxylic acids is 1. The number of rotatable bonds is 5. The third-order valence-electron chi connectivity index (χ3n) is 3.24. The lowest BCUT2D eigenvalue weighted by molar-refractivity contribution is 0.0507. The molecule has 1 saturated heterocycles. The molecule has 1 amide bonds. The topological polar surface area (TPSA) is 102 Å². The fourth-order valence-electron chi connectivity index (χ4n) is 2.23. The van der Waals surface area contributed by atoms with Crippen molar-refractivity contribution in [3.05, 3.63) is 0 Å². The maximum Gasteiger partial charge on any atom is 0.407 e. The van der Waals surface area contributed by atoms with Crippen LogP contribution in [0.15, 0.2) is 0 Å². The Kier molecular flexibility index (Phi) is 6.97. The summed E-state index contributed by atoms with van der Waals surface area (Å²) >= 11 is 1.62. The zero-order chi connectivity index (χ0) is 17.0. The van der Waals surface area contributed by atoms with Crippen molar-refractivity contribution < 1.29 is 17.9 Å². The van der Waals surface area contributed by atoms with Gasteiger partial charge in [-0.05, 0) is 20.8 Å². The third kappa shape index (κ3) is 6.31. The molecule has 0 aliphatic carbocycles. The van der Waals surface area contributed by atoms with Crippen molar-refractivity contribution in [1.82, 2.24) is 10.2 Å².